The van der Waals surface area contributed by atoms with Gasteiger partial charge in [-0.3, -0.25) is 14.1 Å². The number of ether oxygens (including phenoxy) is 1. The van der Waals surface area contributed by atoms with Crippen LogP contribution in [0.15, 0.2) is 82.7 Å². The Morgan fingerprint density at radius 1 is 1.11 bits per heavy atom. The van der Waals surface area contributed by atoms with Gasteiger partial charge in [-0.05, 0) is 55.0 Å². The zero-order valence-corrected chi connectivity index (χ0v) is 21.4. The molecule has 0 saturated carbocycles. The lowest BCUT2D eigenvalue weighted by molar-refractivity contribution is 0.0977. The average molecular weight is 530 g/mol. The van der Waals surface area contributed by atoms with Crippen molar-refractivity contribution in [2.45, 2.75) is 18.4 Å². The van der Waals surface area contributed by atoms with Crippen molar-refractivity contribution in [2.75, 3.05) is 23.2 Å². The second kappa shape index (κ2) is 11.2. The van der Waals surface area contributed by atoms with E-state index in [1.807, 2.05) is 6.92 Å². The summed E-state index contributed by atoms with van der Waals surface area (Å²) in [5.41, 5.74) is 1.37. The molecule has 10 heteroatoms. The fourth-order valence-corrected chi connectivity index (χ4v) is 5.86. The quantitative estimate of drug-likeness (QED) is 0.445. The van der Waals surface area contributed by atoms with Gasteiger partial charge in [-0.1, -0.05) is 53.7 Å². The minimum absolute atomic E-state index is 0.00794. The number of carbonyl (C=O) groups excluding carboxylic acids is 1. The van der Waals surface area contributed by atoms with Gasteiger partial charge in [-0.15, -0.1) is 0 Å². The third-order valence-corrected chi connectivity index (χ3v) is 8.06. The summed E-state index contributed by atoms with van der Waals surface area (Å²) < 4.78 is 35.0. The third kappa shape index (κ3) is 5.98. The van der Waals surface area contributed by atoms with Crippen LogP contribution >= 0.6 is 23.4 Å². The van der Waals surface area contributed by atoms with Gasteiger partial charge >= 0.3 is 0 Å². The third-order valence-electron chi connectivity index (χ3n) is 5.16. The Labute approximate surface area is 214 Å². The molecule has 1 heterocycles. The van der Waals surface area contributed by atoms with Crippen LogP contribution in [-0.2, 0) is 16.6 Å². The van der Waals surface area contributed by atoms with E-state index in [1.54, 1.807) is 60.7 Å². The molecule has 0 radical (unpaired) electrons. The van der Waals surface area contributed by atoms with E-state index < -0.39 is 15.9 Å². The largest absolute Gasteiger partial charge is 0.492 e. The molecule has 3 aromatic rings. The number of hydrogen-bond acceptors (Lipinski definition) is 6. The molecular formula is C25H24ClN3O4S2. The number of thioether (sulfide) groups is 1. The SMILES string of the molecule is CCOc1ccccc1N(Cc1ccc(Cl)cc1)S(=O)(=O)c1cccc(C(=O)NC2=NCCS2)c1. The highest BCUT2D eigenvalue weighted by atomic mass is 35.5. The number of anilines is 1. The molecule has 1 aliphatic heterocycles. The van der Waals surface area contributed by atoms with Gasteiger partial charge in [0.15, 0.2) is 5.17 Å². The fourth-order valence-electron chi connectivity index (χ4n) is 3.50. The number of para-hydroxylation sites is 2. The maximum absolute atomic E-state index is 14.0. The van der Waals surface area contributed by atoms with Gasteiger partial charge in [-0.25, -0.2) is 8.42 Å². The van der Waals surface area contributed by atoms with Gasteiger partial charge in [-0.2, -0.15) is 0 Å². The van der Waals surface area contributed by atoms with Crippen LogP contribution in [0.1, 0.15) is 22.8 Å². The summed E-state index contributed by atoms with van der Waals surface area (Å²) >= 11 is 7.48. The first kappa shape index (κ1) is 25.1. The summed E-state index contributed by atoms with van der Waals surface area (Å²) in [6.07, 6.45) is 0. The van der Waals surface area contributed by atoms with Crippen molar-refractivity contribution in [3.05, 3.63) is 88.9 Å². The van der Waals surface area contributed by atoms with Crippen molar-refractivity contribution >= 4 is 50.1 Å². The number of hydrogen-bond donors (Lipinski definition) is 1. The molecule has 1 N–H and O–H groups in total. The van der Waals surface area contributed by atoms with Crippen LogP contribution in [0, 0.1) is 0 Å². The minimum Gasteiger partial charge on any atom is -0.492 e. The van der Waals surface area contributed by atoms with Gasteiger partial charge in [0.2, 0.25) is 0 Å². The lowest BCUT2D eigenvalue weighted by Gasteiger charge is -2.26. The van der Waals surface area contributed by atoms with Crippen LogP contribution in [0.5, 0.6) is 5.75 Å². The van der Waals surface area contributed by atoms with E-state index in [0.29, 0.717) is 34.8 Å². The van der Waals surface area contributed by atoms with Crippen LogP contribution < -0.4 is 14.4 Å². The Hall–Kier alpha value is -3.01. The summed E-state index contributed by atoms with van der Waals surface area (Å²) in [4.78, 5) is 16.9. The van der Waals surface area contributed by atoms with Crippen molar-refractivity contribution in [3.63, 3.8) is 0 Å². The Morgan fingerprint density at radius 3 is 2.60 bits per heavy atom. The van der Waals surface area contributed by atoms with Crippen LogP contribution in [0.25, 0.3) is 0 Å². The molecule has 0 spiro atoms. The smallest absolute Gasteiger partial charge is 0.264 e. The van der Waals surface area contributed by atoms with Gasteiger partial charge in [0.25, 0.3) is 15.9 Å². The van der Waals surface area contributed by atoms with Crippen LogP contribution in [0.4, 0.5) is 5.69 Å². The standard InChI is InChI=1S/C25H24ClN3O4S2/c1-2-33-23-9-4-3-8-22(23)29(17-18-10-12-20(26)13-11-18)35(31,32)21-7-5-6-19(16-21)24(30)28-25-27-14-15-34-25/h3-13,16H,2,14-15,17H2,1H3,(H,27,28,30). The van der Waals surface area contributed by atoms with E-state index in [2.05, 4.69) is 10.3 Å². The van der Waals surface area contributed by atoms with Crippen molar-refractivity contribution in [1.82, 2.24) is 5.32 Å². The molecule has 7 nitrogen and oxygen atoms in total. The minimum atomic E-state index is -4.08. The predicted molar refractivity (Wildman–Crippen MR) is 141 cm³/mol. The molecule has 0 fully saturated rings. The molecule has 0 unspecified atom stereocenters. The van der Waals surface area contributed by atoms with E-state index in [9.17, 15) is 13.2 Å². The Bertz CT molecular complexity index is 1340. The normalized spacial score (nSPS) is 13.3. The first-order valence-electron chi connectivity index (χ1n) is 11.0. The number of sulfonamides is 1. The molecule has 0 atom stereocenters. The first-order valence-corrected chi connectivity index (χ1v) is 13.8. The number of aliphatic imine (C=N–C) groups is 1. The molecule has 3 aromatic carbocycles. The molecule has 0 aliphatic carbocycles. The zero-order valence-electron chi connectivity index (χ0n) is 19.0. The summed E-state index contributed by atoms with van der Waals surface area (Å²) in [6, 6.07) is 19.9. The number of amidine groups is 1. The van der Waals surface area contributed by atoms with Crippen LogP contribution in [-0.4, -0.2) is 38.4 Å². The monoisotopic (exact) mass is 529 g/mol. The van der Waals surface area contributed by atoms with Crippen molar-refractivity contribution < 1.29 is 17.9 Å². The summed E-state index contributed by atoms with van der Waals surface area (Å²) in [5, 5.41) is 3.84. The van der Waals surface area contributed by atoms with E-state index in [4.69, 9.17) is 16.3 Å². The summed E-state index contributed by atoms with van der Waals surface area (Å²) in [5.74, 6) is 0.843. The number of nitrogens with zero attached hydrogens (tertiary/aromatic N) is 2. The molecular weight excluding hydrogens is 506 g/mol. The maximum atomic E-state index is 14.0. The molecule has 0 saturated heterocycles. The Morgan fingerprint density at radius 2 is 1.89 bits per heavy atom. The highest BCUT2D eigenvalue weighted by Crippen LogP contribution is 2.34. The van der Waals surface area contributed by atoms with Gasteiger partial charge < -0.3 is 10.1 Å². The summed E-state index contributed by atoms with van der Waals surface area (Å²) in [7, 11) is -4.08. The van der Waals surface area contributed by atoms with Gasteiger partial charge in [0.05, 0.1) is 30.3 Å². The number of benzene rings is 3. The Kier molecular flexibility index (Phi) is 8.00. The topological polar surface area (TPSA) is 88.1 Å². The molecule has 1 aliphatic rings. The number of rotatable bonds is 8. The van der Waals surface area contributed by atoms with E-state index in [1.165, 1.54) is 28.2 Å². The lowest BCUT2D eigenvalue weighted by Crippen LogP contribution is -2.32. The number of halogens is 1. The van der Waals surface area contributed by atoms with E-state index in [-0.39, 0.29) is 17.0 Å². The van der Waals surface area contributed by atoms with E-state index >= 15 is 0 Å². The molecule has 4 rings (SSSR count). The fraction of sp³-hybridized carbons (Fsp3) is 0.200. The highest BCUT2D eigenvalue weighted by Gasteiger charge is 2.28. The molecule has 0 aromatic heterocycles. The van der Waals surface area contributed by atoms with Crippen LogP contribution in [0.3, 0.4) is 0 Å². The van der Waals surface area contributed by atoms with Crippen LogP contribution in [0.2, 0.25) is 5.02 Å². The zero-order chi connectivity index (χ0) is 24.8. The molecule has 35 heavy (non-hydrogen) atoms. The van der Waals surface area contributed by atoms with Gasteiger partial charge in [0, 0.05) is 16.3 Å². The highest BCUT2D eigenvalue weighted by molar-refractivity contribution is 8.14. The number of amides is 1. The molecule has 1 amide bonds. The average Bonchev–Trinajstić information content (AvgIpc) is 3.37. The first-order chi connectivity index (χ1) is 16.9. The lowest BCUT2D eigenvalue weighted by atomic mass is 10.2. The second-order valence-corrected chi connectivity index (χ2v) is 10.9. The number of nitrogens with one attached hydrogen (secondary N) is 1. The van der Waals surface area contributed by atoms with Crippen molar-refractivity contribution in [1.29, 1.82) is 0 Å². The van der Waals surface area contributed by atoms with Crippen molar-refractivity contribution in [3.8, 4) is 5.75 Å². The maximum Gasteiger partial charge on any atom is 0.264 e. The van der Waals surface area contributed by atoms with Gasteiger partial charge in [0.1, 0.15) is 5.75 Å². The van der Waals surface area contributed by atoms with E-state index in [0.717, 1.165) is 11.3 Å². The molecule has 0 bridgehead atoms. The molecule has 182 valence electrons. The predicted octanol–water partition coefficient (Wildman–Crippen LogP) is 4.97. The number of carbonyl (C=O) groups is 1. The summed E-state index contributed by atoms with van der Waals surface area (Å²) in [6.45, 7) is 2.91. The Balaban J connectivity index is 1.73. The second-order valence-electron chi connectivity index (χ2n) is 7.56. The van der Waals surface area contributed by atoms with Crippen molar-refractivity contribution in [2.24, 2.45) is 4.99 Å².